The molecule has 4 rings (SSSR count). The molecule has 146 valence electrons. The molecule has 29 heavy (non-hydrogen) atoms. The molecule has 0 saturated heterocycles. The third-order valence-corrected chi connectivity index (χ3v) is 7.08. The number of hydrogen-bond donors (Lipinski definition) is 0. The average molecular weight is 398 g/mol. The topological polar surface area (TPSA) is 3.24 Å². The lowest BCUT2D eigenvalue weighted by atomic mass is 9.70. The fraction of sp³-hybridized carbons (Fsp3) is 0.185. The van der Waals surface area contributed by atoms with Crippen LogP contribution >= 0.6 is 11.8 Å². The van der Waals surface area contributed by atoms with Gasteiger partial charge in [0.1, 0.15) is 0 Å². The van der Waals surface area contributed by atoms with Crippen LogP contribution in [-0.2, 0) is 11.8 Å². The minimum atomic E-state index is -0.185. The van der Waals surface area contributed by atoms with Gasteiger partial charge in [-0.25, -0.2) is 0 Å². The smallest absolute Gasteiger partial charge is 0.0801 e. The first-order valence-corrected chi connectivity index (χ1v) is 10.8. The summed E-state index contributed by atoms with van der Waals surface area (Å²) >= 11 is 1.82. The van der Waals surface area contributed by atoms with Crippen LogP contribution in [0.2, 0.25) is 0 Å². The molecule has 1 atom stereocenters. The molecular weight excluding hydrogens is 370 g/mol. The van der Waals surface area contributed by atoms with Crippen molar-refractivity contribution in [2.75, 3.05) is 11.9 Å². The van der Waals surface area contributed by atoms with Crippen molar-refractivity contribution in [2.45, 2.75) is 30.6 Å². The maximum absolute atomic E-state index is 4.58. The number of aryl methyl sites for hydroxylation is 1. The predicted octanol–water partition coefficient (Wildman–Crippen LogP) is 7.14. The Labute approximate surface area is 178 Å². The highest BCUT2D eigenvalue weighted by molar-refractivity contribution is 8.03. The molecule has 0 saturated carbocycles. The minimum absolute atomic E-state index is 0.185. The lowest BCUT2D eigenvalue weighted by Crippen LogP contribution is -2.28. The summed E-state index contributed by atoms with van der Waals surface area (Å²) in [4.78, 5) is 3.57. The molecule has 0 aliphatic carbocycles. The average Bonchev–Trinajstić information content (AvgIpc) is 3.04. The van der Waals surface area contributed by atoms with Gasteiger partial charge < -0.3 is 4.90 Å². The molecular formula is C27H27NS. The third kappa shape index (κ3) is 3.77. The van der Waals surface area contributed by atoms with Crippen LogP contribution in [0, 0.1) is 6.92 Å². The fourth-order valence-electron chi connectivity index (χ4n) is 4.13. The lowest BCUT2D eigenvalue weighted by Gasteiger charge is -2.33. The van der Waals surface area contributed by atoms with E-state index >= 15 is 0 Å². The van der Waals surface area contributed by atoms with Gasteiger partial charge >= 0.3 is 0 Å². The van der Waals surface area contributed by atoms with E-state index in [-0.39, 0.29) is 5.41 Å². The van der Waals surface area contributed by atoms with Gasteiger partial charge in [-0.05, 0) is 53.8 Å². The van der Waals surface area contributed by atoms with Gasteiger partial charge in [0.05, 0.1) is 10.7 Å². The highest BCUT2D eigenvalue weighted by Gasteiger charge is 2.32. The largest absolute Gasteiger partial charge is 0.338 e. The zero-order valence-corrected chi connectivity index (χ0v) is 18.2. The van der Waals surface area contributed by atoms with E-state index in [1.807, 2.05) is 11.8 Å². The molecule has 0 N–H and O–H groups in total. The Bertz CT molecular complexity index is 1070. The zero-order chi connectivity index (χ0) is 20.4. The number of allylic oxidation sites excluding steroid dienone is 2. The molecule has 0 amide bonds. The number of nitrogens with zero attached hydrogens (tertiary/aromatic N) is 1. The zero-order valence-electron chi connectivity index (χ0n) is 17.4. The van der Waals surface area contributed by atoms with Crippen molar-refractivity contribution < 1.29 is 0 Å². The van der Waals surface area contributed by atoms with Gasteiger partial charge in [0.25, 0.3) is 0 Å². The molecule has 0 spiro atoms. The Morgan fingerprint density at radius 1 is 0.966 bits per heavy atom. The van der Waals surface area contributed by atoms with E-state index in [0.717, 1.165) is 12.0 Å². The molecule has 1 aliphatic heterocycles. The van der Waals surface area contributed by atoms with Crippen molar-refractivity contribution in [3.63, 3.8) is 0 Å². The number of benzene rings is 3. The van der Waals surface area contributed by atoms with E-state index < -0.39 is 0 Å². The first-order valence-electron chi connectivity index (χ1n) is 10.0. The maximum atomic E-state index is 4.58. The summed E-state index contributed by atoms with van der Waals surface area (Å²) in [5, 5.41) is 1.23. The summed E-state index contributed by atoms with van der Waals surface area (Å²) in [6.07, 6.45) is 3.20. The van der Waals surface area contributed by atoms with E-state index in [1.165, 1.54) is 32.3 Å². The van der Waals surface area contributed by atoms with Crippen molar-refractivity contribution >= 4 is 17.4 Å². The third-order valence-electron chi connectivity index (χ3n) is 5.92. The summed E-state index contributed by atoms with van der Waals surface area (Å²) in [5.41, 5.74) is 6.19. The number of rotatable bonds is 5. The Morgan fingerprint density at radius 3 is 2.34 bits per heavy atom. The molecule has 1 heterocycles. The number of anilines is 1. The Balaban J connectivity index is 1.74. The van der Waals surface area contributed by atoms with Crippen molar-refractivity contribution in [2.24, 2.45) is 0 Å². The first kappa shape index (κ1) is 19.6. The van der Waals surface area contributed by atoms with Gasteiger partial charge in [0, 0.05) is 17.4 Å². The van der Waals surface area contributed by atoms with Gasteiger partial charge in [-0.1, -0.05) is 92.0 Å². The SMILES string of the molecule is C=C(/C=C1\Sc2ccccc2N1C)C(C)(Cc1ccccc1)c1ccccc1C. The standard InChI is InChI=1S/C27H27NS/c1-20-12-8-9-15-23(20)27(3,19-22-13-6-5-7-14-22)21(2)18-26-28(4)24-16-10-11-17-25(24)29-26/h5-18H,2,19H2,1,3-4H3/b26-18-. The summed E-state index contributed by atoms with van der Waals surface area (Å²) < 4.78 is 0. The summed E-state index contributed by atoms with van der Waals surface area (Å²) in [7, 11) is 2.14. The van der Waals surface area contributed by atoms with Crippen LogP contribution in [0.1, 0.15) is 23.6 Å². The second kappa shape index (κ2) is 7.96. The van der Waals surface area contributed by atoms with Crippen molar-refractivity contribution in [3.05, 3.63) is 119 Å². The van der Waals surface area contributed by atoms with Gasteiger partial charge in [0.2, 0.25) is 0 Å². The summed E-state index contributed by atoms with van der Waals surface area (Å²) in [6, 6.07) is 28.0. The fourth-order valence-corrected chi connectivity index (χ4v) is 5.25. The predicted molar refractivity (Wildman–Crippen MR) is 127 cm³/mol. The Morgan fingerprint density at radius 2 is 1.62 bits per heavy atom. The molecule has 0 aromatic heterocycles. The molecule has 3 aromatic rings. The van der Waals surface area contributed by atoms with Crippen molar-refractivity contribution in [1.82, 2.24) is 0 Å². The van der Waals surface area contributed by atoms with Gasteiger partial charge in [0.15, 0.2) is 0 Å². The number of fused-ring (bicyclic) bond motifs is 1. The van der Waals surface area contributed by atoms with Crippen LogP contribution in [0.4, 0.5) is 5.69 Å². The molecule has 0 fully saturated rings. The summed E-state index contributed by atoms with van der Waals surface area (Å²) in [6.45, 7) is 9.11. The van der Waals surface area contributed by atoms with Crippen LogP contribution in [0.5, 0.6) is 0 Å². The first-order chi connectivity index (χ1) is 14.0. The number of thioether (sulfide) groups is 1. The molecule has 0 radical (unpaired) electrons. The molecule has 1 nitrogen and oxygen atoms in total. The highest BCUT2D eigenvalue weighted by Crippen LogP contribution is 2.46. The van der Waals surface area contributed by atoms with Crippen LogP contribution in [0.15, 0.2) is 107 Å². The number of para-hydroxylation sites is 1. The quantitative estimate of drug-likeness (QED) is 0.450. The highest BCUT2D eigenvalue weighted by atomic mass is 32.2. The van der Waals surface area contributed by atoms with Crippen LogP contribution in [0.25, 0.3) is 0 Å². The lowest BCUT2D eigenvalue weighted by molar-refractivity contribution is 0.564. The van der Waals surface area contributed by atoms with Crippen molar-refractivity contribution in [1.29, 1.82) is 0 Å². The van der Waals surface area contributed by atoms with Gasteiger partial charge in [-0.3, -0.25) is 0 Å². The second-order valence-corrected chi connectivity index (χ2v) is 9.01. The molecule has 1 aliphatic rings. The van der Waals surface area contributed by atoms with Gasteiger partial charge in [-0.15, -0.1) is 0 Å². The summed E-state index contributed by atoms with van der Waals surface area (Å²) in [5.74, 6) is 0. The minimum Gasteiger partial charge on any atom is -0.338 e. The van der Waals surface area contributed by atoms with Crippen LogP contribution < -0.4 is 4.90 Å². The van der Waals surface area contributed by atoms with E-state index in [0.29, 0.717) is 0 Å². The van der Waals surface area contributed by atoms with E-state index in [1.54, 1.807) is 0 Å². The number of hydrogen-bond acceptors (Lipinski definition) is 2. The van der Waals surface area contributed by atoms with E-state index in [4.69, 9.17) is 0 Å². The van der Waals surface area contributed by atoms with Gasteiger partial charge in [-0.2, -0.15) is 0 Å². The molecule has 2 heteroatoms. The maximum Gasteiger partial charge on any atom is 0.0801 e. The van der Waals surface area contributed by atoms with E-state index in [2.05, 4.69) is 117 Å². The molecule has 3 aromatic carbocycles. The monoisotopic (exact) mass is 397 g/mol. The second-order valence-electron chi connectivity index (χ2n) is 7.95. The van der Waals surface area contributed by atoms with Crippen LogP contribution in [0.3, 0.4) is 0 Å². The molecule has 1 unspecified atom stereocenters. The normalized spacial score (nSPS) is 16.5. The van der Waals surface area contributed by atoms with Crippen molar-refractivity contribution in [3.8, 4) is 0 Å². The Hall–Kier alpha value is -2.71. The Kier molecular flexibility index (Phi) is 5.38. The van der Waals surface area contributed by atoms with E-state index in [9.17, 15) is 0 Å². The molecule has 0 bridgehead atoms. The van der Waals surface area contributed by atoms with Crippen LogP contribution in [-0.4, -0.2) is 7.05 Å².